The van der Waals surface area contributed by atoms with Crippen LogP contribution in [0.1, 0.15) is 18.1 Å². The van der Waals surface area contributed by atoms with Crippen molar-refractivity contribution in [2.24, 2.45) is 0 Å². The van der Waals surface area contributed by atoms with Gasteiger partial charge in [0, 0.05) is 19.6 Å². The van der Waals surface area contributed by atoms with Gasteiger partial charge in [0.05, 0.1) is 4.90 Å². The lowest BCUT2D eigenvalue weighted by molar-refractivity contribution is 0.473. The summed E-state index contributed by atoms with van der Waals surface area (Å²) in [5, 5.41) is 3.20. The smallest absolute Gasteiger partial charge is 0.243 e. The largest absolute Gasteiger partial charge is 0.313 e. The molecule has 0 atom stereocenters. The zero-order chi connectivity index (χ0) is 15.9. The van der Waals surface area contributed by atoms with E-state index in [9.17, 15) is 8.42 Å². The first kappa shape index (κ1) is 17.6. The van der Waals surface area contributed by atoms with Crippen LogP contribution in [0.3, 0.4) is 0 Å². The summed E-state index contributed by atoms with van der Waals surface area (Å²) in [6, 6.07) is 5.54. The first-order valence-corrected chi connectivity index (χ1v) is 8.43. The fourth-order valence-corrected chi connectivity index (χ4v) is 3.66. The zero-order valence-electron chi connectivity index (χ0n) is 12.8. The monoisotopic (exact) mass is 308 g/mol. The molecule has 0 heterocycles. The Bertz CT molecular complexity index is 584. The van der Waals surface area contributed by atoms with Crippen molar-refractivity contribution >= 4 is 10.0 Å². The highest BCUT2D eigenvalue weighted by molar-refractivity contribution is 7.89. The van der Waals surface area contributed by atoms with Crippen LogP contribution in [0.15, 0.2) is 48.4 Å². The summed E-state index contributed by atoms with van der Waals surface area (Å²) in [5.41, 5.74) is 1.70. The number of rotatable bonds is 9. The fourth-order valence-electron chi connectivity index (χ4n) is 2.00. The first-order chi connectivity index (χ1) is 9.97. The minimum absolute atomic E-state index is 0.269. The second-order valence-electron chi connectivity index (χ2n) is 4.78. The molecule has 0 unspecified atom stereocenters. The molecule has 0 aliphatic heterocycles. The van der Waals surface area contributed by atoms with Gasteiger partial charge >= 0.3 is 0 Å². The van der Waals surface area contributed by atoms with Crippen molar-refractivity contribution < 1.29 is 8.42 Å². The number of hydrogen-bond donors (Lipinski definition) is 1. The summed E-state index contributed by atoms with van der Waals surface area (Å²) in [6.07, 6.45) is 3.16. The normalized spacial score (nSPS) is 11.6. The summed E-state index contributed by atoms with van der Waals surface area (Å²) in [5.74, 6) is 0. The van der Waals surface area contributed by atoms with E-state index >= 15 is 0 Å². The maximum absolute atomic E-state index is 12.8. The van der Waals surface area contributed by atoms with Crippen LogP contribution >= 0.6 is 0 Å². The first-order valence-electron chi connectivity index (χ1n) is 6.99. The third kappa shape index (κ3) is 4.52. The van der Waals surface area contributed by atoms with E-state index in [4.69, 9.17) is 0 Å². The predicted molar refractivity (Wildman–Crippen MR) is 87.7 cm³/mol. The maximum Gasteiger partial charge on any atom is 0.243 e. The Morgan fingerprint density at radius 3 is 2.38 bits per heavy atom. The van der Waals surface area contributed by atoms with E-state index < -0.39 is 10.0 Å². The second-order valence-corrected chi connectivity index (χ2v) is 6.69. The fraction of sp³-hybridized carbons (Fsp3) is 0.375. The van der Waals surface area contributed by atoms with Gasteiger partial charge in [-0.3, -0.25) is 0 Å². The molecule has 0 aliphatic rings. The molecular weight excluding hydrogens is 284 g/mol. The van der Waals surface area contributed by atoms with E-state index in [0.717, 1.165) is 17.7 Å². The van der Waals surface area contributed by atoms with E-state index in [2.05, 4.69) is 18.5 Å². The van der Waals surface area contributed by atoms with Crippen molar-refractivity contribution in [3.8, 4) is 0 Å². The predicted octanol–water partition coefficient (Wildman–Crippen LogP) is 2.47. The SMILES string of the molecule is C=CCN(CC=C)S(=O)(=O)c1cc(CNCC)ccc1C. The molecule has 0 amide bonds. The van der Waals surface area contributed by atoms with Gasteiger partial charge in [0.25, 0.3) is 0 Å². The summed E-state index contributed by atoms with van der Waals surface area (Å²) in [4.78, 5) is 0.349. The van der Waals surface area contributed by atoms with E-state index in [1.54, 1.807) is 18.2 Å². The van der Waals surface area contributed by atoms with E-state index in [1.807, 2.05) is 26.0 Å². The third-order valence-corrected chi connectivity index (χ3v) is 5.09. The third-order valence-electron chi connectivity index (χ3n) is 3.11. The van der Waals surface area contributed by atoms with Crippen LogP contribution < -0.4 is 5.32 Å². The topological polar surface area (TPSA) is 49.4 Å². The van der Waals surface area contributed by atoms with Crippen LogP contribution in [0.2, 0.25) is 0 Å². The minimum Gasteiger partial charge on any atom is -0.313 e. The second kappa shape index (κ2) is 8.12. The highest BCUT2D eigenvalue weighted by Gasteiger charge is 2.24. The average Bonchev–Trinajstić information content (AvgIpc) is 2.46. The molecule has 5 heteroatoms. The van der Waals surface area contributed by atoms with Crippen LogP contribution in [0.4, 0.5) is 0 Å². The van der Waals surface area contributed by atoms with Crippen molar-refractivity contribution in [1.29, 1.82) is 0 Å². The van der Waals surface area contributed by atoms with Crippen LogP contribution in [0.25, 0.3) is 0 Å². The Morgan fingerprint density at radius 2 is 1.86 bits per heavy atom. The quantitative estimate of drug-likeness (QED) is 0.713. The molecule has 1 rings (SSSR count). The van der Waals surface area contributed by atoms with Crippen molar-refractivity contribution in [2.45, 2.75) is 25.3 Å². The van der Waals surface area contributed by atoms with Crippen molar-refractivity contribution in [1.82, 2.24) is 9.62 Å². The molecule has 4 nitrogen and oxygen atoms in total. The molecule has 1 aromatic rings. The molecule has 0 spiro atoms. The Hall–Kier alpha value is -1.43. The van der Waals surface area contributed by atoms with Gasteiger partial charge in [-0.1, -0.05) is 31.2 Å². The molecule has 0 radical (unpaired) electrons. The van der Waals surface area contributed by atoms with E-state index in [0.29, 0.717) is 11.4 Å². The summed E-state index contributed by atoms with van der Waals surface area (Å²) in [6.45, 7) is 13.1. The van der Waals surface area contributed by atoms with Gasteiger partial charge in [0.1, 0.15) is 0 Å². The van der Waals surface area contributed by atoms with Crippen LogP contribution in [0.5, 0.6) is 0 Å². The van der Waals surface area contributed by atoms with Crippen molar-refractivity contribution in [3.63, 3.8) is 0 Å². The summed E-state index contributed by atoms with van der Waals surface area (Å²) in [7, 11) is -3.54. The molecule has 0 saturated carbocycles. The lowest BCUT2D eigenvalue weighted by Gasteiger charge is -2.20. The standard InChI is InChI=1S/C16H24N2O2S/c1-5-10-18(11-6-2)21(19,20)16-12-15(13-17-7-3)9-8-14(16)4/h5-6,8-9,12,17H,1-2,7,10-11,13H2,3-4H3. The van der Waals surface area contributed by atoms with Crippen molar-refractivity contribution in [3.05, 3.63) is 54.6 Å². The lowest BCUT2D eigenvalue weighted by Crippen LogP contribution is -2.32. The van der Waals surface area contributed by atoms with E-state index in [1.165, 1.54) is 4.31 Å². The molecule has 0 saturated heterocycles. The number of benzene rings is 1. The zero-order valence-corrected chi connectivity index (χ0v) is 13.6. The minimum atomic E-state index is -3.54. The lowest BCUT2D eigenvalue weighted by atomic mass is 10.1. The number of nitrogens with zero attached hydrogens (tertiary/aromatic N) is 1. The Kier molecular flexibility index (Phi) is 6.81. The maximum atomic E-state index is 12.8. The highest BCUT2D eigenvalue weighted by atomic mass is 32.2. The van der Waals surface area contributed by atoms with Gasteiger partial charge < -0.3 is 5.32 Å². The summed E-state index contributed by atoms with van der Waals surface area (Å²) < 4.78 is 26.9. The number of sulfonamides is 1. The van der Waals surface area contributed by atoms with Crippen LogP contribution in [-0.4, -0.2) is 32.4 Å². The van der Waals surface area contributed by atoms with Gasteiger partial charge in [-0.2, -0.15) is 4.31 Å². The average molecular weight is 308 g/mol. The Labute approximate surface area is 128 Å². The number of aryl methyl sites for hydroxylation is 1. The molecule has 1 aromatic carbocycles. The molecule has 21 heavy (non-hydrogen) atoms. The van der Waals surface area contributed by atoms with Gasteiger partial charge in [0.15, 0.2) is 0 Å². The number of hydrogen-bond acceptors (Lipinski definition) is 3. The van der Waals surface area contributed by atoms with Crippen molar-refractivity contribution in [2.75, 3.05) is 19.6 Å². The Balaban J connectivity index is 3.21. The van der Waals surface area contributed by atoms with Crippen LogP contribution in [-0.2, 0) is 16.6 Å². The van der Waals surface area contributed by atoms with Gasteiger partial charge in [-0.25, -0.2) is 8.42 Å². The highest BCUT2D eigenvalue weighted by Crippen LogP contribution is 2.21. The Morgan fingerprint density at radius 1 is 1.24 bits per heavy atom. The molecule has 116 valence electrons. The molecular formula is C16H24N2O2S. The van der Waals surface area contributed by atoms with Gasteiger partial charge in [-0.15, -0.1) is 13.2 Å². The molecule has 0 aliphatic carbocycles. The number of nitrogens with one attached hydrogen (secondary N) is 1. The summed E-state index contributed by atoms with van der Waals surface area (Å²) >= 11 is 0. The van der Waals surface area contributed by atoms with Gasteiger partial charge in [-0.05, 0) is 30.7 Å². The molecule has 0 bridgehead atoms. The van der Waals surface area contributed by atoms with Gasteiger partial charge in [0.2, 0.25) is 10.0 Å². The van der Waals surface area contributed by atoms with Crippen LogP contribution in [0, 0.1) is 6.92 Å². The molecule has 1 N–H and O–H groups in total. The molecule has 0 aromatic heterocycles. The van der Waals surface area contributed by atoms with E-state index in [-0.39, 0.29) is 13.1 Å². The molecule has 0 fully saturated rings.